The van der Waals surface area contributed by atoms with Crippen LogP contribution in [-0.4, -0.2) is 91.8 Å². The van der Waals surface area contributed by atoms with E-state index in [-0.39, 0.29) is 53.9 Å². The molecule has 0 aromatic carbocycles. The Balaban J connectivity index is 1.10. The van der Waals surface area contributed by atoms with E-state index in [1.165, 1.54) is 0 Å². The van der Waals surface area contributed by atoms with Crippen molar-refractivity contribution in [2.45, 2.75) is 127 Å². The molecule has 3 N–H and O–H groups in total. The van der Waals surface area contributed by atoms with Gasteiger partial charge in [0.2, 0.25) is 11.8 Å². The van der Waals surface area contributed by atoms with Gasteiger partial charge in [-0.15, -0.1) is 0 Å². The van der Waals surface area contributed by atoms with Gasteiger partial charge in [0.05, 0.1) is 36.8 Å². The van der Waals surface area contributed by atoms with E-state index in [4.69, 9.17) is 14.2 Å². The molecule has 6 rings (SSSR count). The van der Waals surface area contributed by atoms with Gasteiger partial charge in [-0.3, -0.25) is 14.4 Å². The zero-order chi connectivity index (χ0) is 28.1. The molecule has 3 saturated heterocycles. The van der Waals surface area contributed by atoms with Gasteiger partial charge in [-0.05, 0) is 83.5 Å². The van der Waals surface area contributed by atoms with Crippen molar-refractivity contribution >= 4 is 17.6 Å². The number of Topliss-reactive ketones (excluding diaryl/α,β-unsaturated/α-hetero) is 1. The molecule has 11 atom stereocenters. The van der Waals surface area contributed by atoms with Crippen LogP contribution in [0, 0.1) is 29.6 Å². The third-order valence-corrected chi connectivity index (χ3v) is 11.8. The van der Waals surface area contributed by atoms with Gasteiger partial charge in [0.25, 0.3) is 0 Å². The summed E-state index contributed by atoms with van der Waals surface area (Å²) in [5, 5.41) is 5.71. The summed E-state index contributed by atoms with van der Waals surface area (Å²) in [6.07, 6.45) is 8.63. The van der Waals surface area contributed by atoms with Crippen molar-refractivity contribution in [2.24, 2.45) is 29.6 Å². The minimum Gasteiger partial charge on any atom is -0.379 e. The number of ether oxygens (including phenoxy) is 3. The Bertz CT molecular complexity index is 969. The SMILES string of the molecule is COC1CCC2C3[NH2+]CCC4C5CC(OC(C)C(=O)NC6CCC(C(C)=O)CC6)CCC5N(C(=O)C2C1OC)C43. The average Bonchev–Trinajstić information content (AvgIpc) is 3.30. The summed E-state index contributed by atoms with van der Waals surface area (Å²) < 4.78 is 18.2. The van der Waals surface area contributed by atoms with Gasteiger partial charge < -0.3 is 29.7 Å². The van der Waals surface area contributed by atoms with Crippen LogP contribution in [0.2, 0.25) is 0 Å². The molecule has 40 heavy (non-hydrogen) atoms. The molecule has 0 aromatic heterocycles. The molecule has 3 heterocycles. The number of hydrogen-bond acceptors (Lipinski definition) is 6. The Morgan fingerprint density at radius 2 is 1.73 bits per heavy atom. The Hall–Kier alpha value is -1.55. The van der Waals surface area contributed by atoms with Crippen molar-refractivity contribution in [1.29, 1.82) is 0 Å². The van der Waals surface area contributed by atoms with E-state index < -0.39 is 6.10 Å². The fourth-order valence-corrected chi connectivity index (χ4v) is 9.94. The molecule has 9 heteroatoms. The largest absolute Gasteiger partial charge is 0.379 e. The molecule has 11 unspecified atom stereocenters. The molecule has 224 valence electrons. The number of nitrogens with one attached hydrogen (secondary N) is 1. The third kappa shape index (κ3) is 4.92. The molecular weight excluding hydrogens is 510 g/mol. The number of rotatable bonds is 7. The number of piperidine rings is 2. The summed E-state index contributed by atoms with van der Waals surface area (Å²) >= 11 is 0. The van der Waals surface area contributed by atoms with Crippen LogP contribution in [-0.2, 0) is 28.6 Å². The van der Waals surface area contributed by atoms with Crippen molar-refractivity contribution in [2.75, 3.05) is 20.8 Å². The number of carbonyl (C=O) groups excluding carboxylic acids is 3. The van der Waals surface area contributed by atoms with Crippen LogP contribution in [0.15, 0.2) is 0 Å². The number of amides is 2. The summed E-state index contributed by atoms with van der Waals surface area (Å²) in [6, 6.07) is 1.14. The van der Waals surface area contributed by atoms with Crippen LogP contribution in [0.3, 0.4) is 0 Å². The molecule has 0 spiro atoms. The molecular formula is C31H50N3O6+. The first-order chi connectivity index (χ1) is 19.3. The van der Waals surface area contributed by atoms with Crippen molar-refractivity contribution in [3.05, 3.63) is 0 Å². The van der Waals surface area contributed by atoms with Gasteiger partial charge in [-0.2, -0.15) is 0 Å². The van der Waals surface area contributed by atoms with Crippen molar-refractivity contribution < 1.29 is 33.9 Å². The summed E-state index contributed by atoms with van der Waals surface area (Å²) in [6.45, 7) is 4.66. The minimum atomic E-state index is -0.499. The van der Waals surface area contributed by atoms with E-state index >= 15 is 0 Å². The topological polar surface area (TPSA) is 111 Å². The summed E-state index contributed by atoms with van der Waals surface area (Å²) in [4.78, 5) is 41.2. The van der Waals surface area contributed by atoms with E-state index in [9.17, 15) is 14.4 Å². The van der Waals surface area contributed by atoms with Crippen molar-refractivity contribution in [3.63, 3.8) is 0 Å². The predicted molar refractivity (Wildman–Crippen MR) is 147 cm³/mol. The molecule has 0 radical (unpaired) electrons. The smallest absolute Gasteiger partial charge is 0.249 e. The van der Waals surface area contributed by atoms with Gasteiger partial charge in [0, 0.05) is 44.6 Å². The molecule has 3 saturated carbocycles. The van der Waals surface area contributed by atoms with Gasteiger partial charge in [-0.25, -0.2) is 0 Å². The van der Waals surface area contributed by atoms with Crippen LogP contribution in [0.25, 0.3) is 0 Å². The highest BCUT2D eigenvalue weighted by atomic mass is 16.5. The van der Waals surface area contributed by atoms with Crippen molar-refractivity contribution in [1.82, 2.24) is 10.2 Å². The molecule has 0 bridgehead atoms. The quantitative estimate of drug-likeness (QED) is 0.488. The first-order valence-electron chi connectivity index (χ1n) is 16.0. The number of quaternary nitrogens is 1. The maximum Gasteiger partial charge on any atom is 0.249 e. The second-order valence-electron chi connectivity index (χ2n) is 13.6. The van der Waals surface area contributed by atoms with Gasteiger partial charge in [-0.1, -0.05) is 0 Å². The lowest BCUT2D eigenvalue weighted by Gasteiger charge is -2.53. The normalized spacial score (nSPS) is 45.2. The van der Waals surface area contributed by atoms with Crippen LogP contribution in [0.5, 0.6) is 0 Å². The number of ketones is 1. The highest BCUT2D eigenvalue weighted by Gasteiger charge is 2.66. The number of hydrogen-bond donors (Lipinski definition) is 2. The fraction of sp³-hybridized carbons (Fsp3) is 0.903. The fourth-order valence-electron chi connectivity index (χ4n) is 9.94. The highest BCUT2D eigenvalue weighted by Crippen LogP contribution is 2.53. The number of fused-ring (bicyclic) bond motifs is 5. The van der Waals surface area contributed by atoms with Crippen molar-refractivity contribution in [3.8, 4) is 0 Å². The molecule has 6 aliphatic rings. The maximum absolute atomic E-state index is 14.2. The van der Waals surface area contributed by atoms with Crippen LogP contribution in [0.1, 0.15) is 78.1 Å². The lowest BCUT2D eigenvalue weighted by molar-refractivity contribution is -0.713. The first-order valence-corrected chi connectivity index (χ1v) is 16.0. The van der Waals surface area contributed by atoms with Gasteiger partial charge in [0.15, 0.2) is 0 Å². The van der Waals surface area contributed by atoms with Crippen LogP contribution < -0.4 is 10.6 Å². The second-order valence-corrected chi connectivity index (χ2v) is 13.6. The molecule has 0 aromatic rings. The van der Waals surface area contributed by atoms with E-state index in [0.29, 0.717) is 35.7 Å². The molecule has 6 fully saturated rings. The molecule has 2 amide bonds. The molecule has 3 aliphatic heterocycles. The monoisotopic (exact) mass is 560 g/mol. The molecule has 3 aliphatic carbocycles. The Kier molecular flexibility index (Phi) is 8.29. The summed E-state index contributed by atoms with van der Waals surface area (Å²) in [5.74, 6) is 1.83. The van der Waals surface area contributed by atoms with E-state index in [0.717, 1.165) is 70.8 Å². The lowest BCUT2D eigenvalue weighted by Crippen LogP contribution is -2.99. The summed E-state index contributed by atoms with van der Waals surface area (Å²) in [5.41, 5.74) is 0. The maximum atomic E-state index is 14.2. The van der Waals surface area contributed by atoms with Crippen LogP contribution in [0.4, 0.5) is 0 Å². The van der Waals surface area contributed by atoms with E-state index in [2.05, 4.69) is 15.5 Å². The minimum absolute atomic E-state index is 0.0227. The Labute approximate surface area is 238 Å². The van der Waals surface area contributed by atoms with E-state index in [1.807, 2.05) is 6.92 Å². The Morgan fingerprint density at radius 3 is 2.42 bits per heavy atom. The molecule has 9 nitrogen and oxygen atoms in total. The first kappa shape index (κ1) is 28.6. The van der Waals surface area contributed by atoms with Crippen LogP contribution >= 0.6 is 0 Å². The third-order valence-electron chi connectivity index (χ3n) is 11.8. The van der Waals surface area contributed by atoms with E-state index in [1.54, 1.807) is 21.1 Å². The second kappa shape index (κ2) is 11.6. The zero-order valence-corrected chi connectivity index (χ0v) is 24.8. The average molecular weight is 561 g/mol. The zero-order valence-electron chi connectivity index (χ0n) is 24.8. The summed E-state index contributed by atoms with van der Waals surface area (Å²) in [7, 11) is 3.47. The standard InChI is InChI=1S/C31H49N3O6/c1-16(35)18-5-7-19(8-6-18)33-30(36)17(2)40-20-9-11-24-23(15-20)21-13-14-32-27-22-10-12-25(38-3)29(39-4)26(22)31(37)34(24)28(21)27/h17-29,32H,5-15H2,1-4H3,(H,33,36)/p+1. The predicted octanol–water partition coefficient (Wildman–Crippen LogP) is 1.43. The Morgan fingerprint density at radius 1 is 0.950 bits per heavy atom. The number of carbonyl (C=O) groups is 3. The van der Waals surface area contributed by atoms with Gasteiger partial charge >= 0.3 is 0 Å². The van der Waals surface area contributed by atoms with Gasteiger partial charge in [0.1, 0.15) is 17.9 Å². The number of nitrogens with two attached hydrogens (primary N) is 1. The number of nitrogens with zero attached hydrogens (tertiary/aromatic N) is 1. The highest BCUT2D eigenvalue weighted by molar-refractivity contribution is 5.83. The lowest BCUT2D eigenvalue weighted by atomic mass is 9.64. The number of methoxy groups -OCH3 is 2.